The number of aromatic amines is 1. The molecule has 0 amide bonds. The summed E-state index contributed by atoms with van der Waals surface area (Å²) in [6.07, 6.45) is 2.10. The first-order chi connectivity index (χ1) is 7.75. The van der Waals surface area contributed by atoms with Crippen molar-refractivity contribution < 1.29 is 4.74 Å². The van der Waals surface area contributed by atoms with Crippen LogP contribution in [0.5, 0.6) is 0 Å². The molecular formula is C9H15ClN4O2. The van der Waals surface area contributed by atoms with Crippen LogP contribution in [0.3, 0.4) is 0 Å². The third kappa shape index (κ3) is 4.18. The number of hydrogen-bond acceptors (Lipinski definition) is 5. The van der Waals surface area contributed by atoms with E-state index in [1.54, 1.807) is 0 Å². The molecule has 0 aromatic carbocycles. The summed E-state index contributed by atoms with van der Waals surface area (Å²) < 4.78 is 5.19. The standard InChI is InChI=1S/C9H15ClN4O2/c10-7-8(13-6-14-9(7)15)12-3-1-4-16-5-2-11/h6H,1-5,11H2,(H2,12,13,14,15). The number of nitrogens with two attached hydrogens (primary N) is 1. The van der Waals surface area contributed by atoms with Crippen molar-refractivity contribution >= 4 is 17.4 Å². The Balaban J connectivity index is 2.27. The number of rotatable bonds is 7. The summed E-state index contributed by atoms with van der Waals surface area (Å²) in [6.45, 7) is 2.34. The van der Waals surface area contributed by atoms with Crippen LogP contribution in [0.1, 0.15) is 6.42 Å². The van der Waals surface area contributed by atoms with Crippen LogP contribution in [0.25, 0.3) is 0 Å². The fraction of sp³-hybridized carbons (Fsp3) is 0.556. The van der Waals surface area contributed by atoms with Crippen molar-refractivity contribution in [2.75, 3.05) is 31.6 Å². The molecule has 0 atom stereocenters. The van der Waals surface area contributed by atoms with Gasteiger partial charge in [-0.05, 0) is 6.42 Å². The van der Waals surface area contributed by atoms with Crippen LogP contribution in [0.4, 0.5) is 5.82 Å². The lowest BCUT2D eigenvalue weighted by Crippen LogP contribution is -2.14. The molecule has 0 fully saturated rings. The van der Waals surface area contributed by atoms with E-state index in [1.165, 1.54) is 6.33 Å². The van der Waals surface area contributed by atoms with E-state index in [-0.39, 0.29) is 10.6 Å². The Kier molecular flexibility index (Phi) is 5.84. The van der Waals surface area contributed by atoms with Gasteiger partial charge in [0.1, 0.15) is 5.02 Å². The maximum absolute atomic E-state index is 11.1. The molecule has 0 radical (unpaired) electrons. The second kappa shape index (κ2) is 7.21. The van der Waals surface area contributed by atoms with Gasteiger partial charge in [-0.15, -0.1) is 0 Å². The highest BCUT2D eigenvalue weighted by Gasteiger charge is 2.03. The molecule has 1 aromatic heterocycles. The quantitative estimate of drug-likeness (QED) is 0.598. The second-order valence-corrected chi connectivity index (χ2v) is 3.45. The van der Waals surface area contributed by atoms with Crippen LogP contribution in [-0.4, -0.2) is 36.3 Å². The molecule has 7 heteroatoms. The van der Waals surface area contributed by atoms with Gasteiger partial charge in [-0.25, -0.2) is 4.98 Å². The number of aromatic nitrogens is 2. The summed E-state index contributed by atoms with van der Waals surface area (Å²) in [4.78, 5) is 17.4. The molecule has 0 aliphatic carbocycles. The average Bonchev–Trinajstić information content (AvgIpc) is 2.29. The third-order valence-corrected chi connectivity index (χ3v) is 2.17. The second-order valence-electron chi connectivity index (χ2n) is 3.08. The maximum atomic E-state index is 11.1. The van der Waals surface area contributed by atoms with E-state index in [0.29, 0.717) is 32.1 Å². The Morgan fingerprint density at radius 1 is 1.56 bits per heavy atom. The molecule has 0 saturated heterocycles. The van der Waals surface area contributed by atoms with Crippen molar-refractivity contribution in [3.8, 4) is 0 Å². The Bertz CT molecular complexity index is 369. The smallest absolute Gasteiger partial charge is 0.271 e. The van der Waals surface area contributed by atoms with E-state index >= 15 is 0 Å². The third-order valence-electron chi connectivity index (χ3n) is 1.82. The highest BCUT2D eigenvalue weighted by Crippen LogP contribution is 2.11. The monoisotopic (exact) mass is 246 g/mol. The number of anilines is 1. The van der Waals surface area contributed by atoms with Gasteiger partial charge in [-0.3, -0.25) is 4.79 Å². The Hall–Kier alpha value is -1.11. The van der Waals surface area contributed by atoms with Crippen LogP contribution < -0.4 is 16.6 Å². The molecule has 0 spiro atoms. The van der Waals surface area contributed by atoms with Gasteiger partial charge in [0.2, 0.25) is 0 Å². The zero-order chi connectivity index (χ0) is 11.8. The minimum absolute atomic E-state index is 0.0744. The number of hydrogen-bond donors (Lipinski definition) is 3. The van der Waals surface area contributed by atoms with Crippen LogP contribution in [0, 0.1) is 0 Å². The molecule has 0 bridgehead atoms. The van der Waals surface area contributed by atoms with Crippen molar-refractivity contribution in [3.63, 3.8) is 0 Å². The topological polar surface area (TPSA) is 93.0 Å². The zero-order valence-corrected chi connectivity index (χ0v) is 9.59. The number of H-pyrrole nitrogens is 1. The van der Waals surface area contributed by atoms with E-state index in [2.05, 4.69) is 15.3 Å². The van der Waals surface area contributed by atoms with Crippen molar-refractivity contribution in [2.24, 2.45) is 5.73 Å². The first-order valence-electron chi connectivity index (χ1n) is 5.00. The van der Waals surface area contributed by atoms with Gasteiger partial charge in [0.15, 0.2) is 5.82 Å². The van der Waals surface area contributed by atoms with E-state index in [0.717, 1.165) is 6.42 Å². The predicted molar refractivity (Wildman–Crippen MR) is 62.8 cm³/mol. The molecule has 0 unspecified atom stereocenters. The highest BCUT2D eigenvalue weighted by atomic mass is 35.5. The minimum atomic E-state index is -0.349. The van der Waals surface area contributed by atoms with E-state index in [9.17, 15) is 4.79 Å². The SMILES string of the molecule is NCCOCCCNc1nc[nH]c(=O)c1Cl. The van der Waals surface area contributed by atoms with Gasteiger partial charge < -0.3 is 20.8 Å². The van der Waals surface area contributed by atoms with E-state index in [4.69, 9.17) is 22.1 Å². The van der Waals surface area contributed by atoms with E-state index in [1.807, 2.05) is 0 Å². The molecule has 90 valence electrons. The van der Waals surface area contributed by atoms with E-state index < -0.39 is 0 Å². The molecule has 0 aliphatic heterocycles. The molecule has 16 heavy (non-hydrogen) atoms. The Labute approximate surface area is 98.2 Å². The first kappa shape index (κ1) is 13.0. The summed E-state index contributed by atoms with van der Waals surface area (Å²) in [5.74, 6) is 0.393. The summed E-state index contributed by atoms with van der Waals surface area (Å²) >= 11 is 5.74. The Morgan fingerprint density at radius 2 is 2.38 bits per heavy atom. The fourth-order valence-corrected chi connectivity index (χ4v) is 1.24. The normalized spacial score (nSPS) is 10.4. The number of ether oxygens (including phenoxy) is 1. The molecule has 1 heterocycles. The number of nitrogens with one attached hydrogen (secondary N) is 2. The van der Waals surface area contributed by atoms with Gasteiger partial charge in [0, 0.05) is 19.7 Å². The van der Waals surface area contributed by atoms with Crippen molar-refractivity contribution in [2.45, 2.75) is 6.42 Å². The lowest BCUT2D eigenvalue weighted by atomic mass is 10.4. The molecular weight excluding hydrogens is 232 g/mol. The summed E-state index contributed by atoms with van der Waals surface area (Å²) in [5, 5.41) is 3.03. The zero-order valence-electron chi connectivity index (χ0n) is 8.83. The van der Waals surface area contributed by atoms with Crippen LogP contribution in [0.15, 0.2) is 11.1 Å². The van der Waals surface area contributed by atoms with Crippen LogP contribution >= 0.6 is 11.6 Å². The van der Waals surface area contributed by atoms with Crippen LogP contribution in [-0.2, 0) is 4.74 Å². The van der Waals surface area contributed by atoms with Crippen LogP contribution in [0.2, 0.25) is 5.02 Å². The Morgan fingerprint density at radius 3 is 3.12 bits per heavy atom. The minimum Gasteiger partial charge on any atom is -0.380 e. The fourth-order valence-electron chi connectivity index (χ4n) is 1.07. The van der Waals surface area contributed by atoms with Gasteiger partial charge in [-0.2, -0.15) is 0 Å². The van der Waals surface area contributed by atoms with Gasteiger partial charge in [0.05, 0.1) is 12.9 Å². The first-order valence-corrected chi connectivity index (χ1v) is 5.38. The molecule has 4 N–H and O–H groups in total. The van der Waals surface area contributed by atoms with Gasteiger partial charge >= 0.3 is 0 Å². The highest BCUT2D eigenvalue weighted by molar-refractivity contribution is 6.32. The number of halogens is 1. The van der Waals surface area contributed by atoms with Gasteiger partial charge in [0.25, 0.3) is 5.56 Å². The van der Waals surface area contributed by atoms with Crippen molar-refractivity contribution in [1.82, 2.24) is 9.97 Å². The maximum Gasteiger partial charge on any atom is 0.271 e. The molecule has 6 nitrogen and oxygen atoms in total. The summed E-state index contributed by atoms with van der Waals surface area (Å²) in [5.41, 5.74) is 4.92. The molecule has 1 rings (SSSR count). The number of nitrogens with zero attached hydrogens (tertiary/aromatic N) is 1. The molecule has 0 aliphatic rings. The largest absolute Gasteiger partial charge is 0.380 e. The molecule has 1 aromatic rings. The van der Waals surface area contributed by atoms with Crippen molar-refractivity contribution in [3.05, 3.63) is 21.7 Å². The lowest BCUT2D eigenvalue weighted by molar-refractivity contribution is 0.141. The summed E-state index contributed by atoms with van der Waals surface area (Å²) in [7, 11) is 0. The van der Waals surface area contributed by atoms with Gasteiger partial charge in [-0.1, -0.05) is 11.6 Å². The van der Waals surface area contributed by atoms with Crippen molar-refractivity contribution in [1.29, 1.82) is 0 Å². The summed E-state index contributed by atoms with van der Waals surface area (Å²) in [6, 6.07) is 0. The molecule has 0 saturated carbocycles. The lowest BCUT2D eigenvalue weighted by Gasteiger charge is -2.06. The predicted octanol–water partition coefficient (Wildman–Crippen LogP) is 0.201. The average molecular weight is 247 g/mol.